The molecule has 0 radical (unpaired) electrons. The molecule has 0 rings (SSSR count). The second kappa shape index (κ2) is 6.72. The standard InChI is InChI=1S/C6H11F3N2O2.ClH/c1-4(2-10)11-5(12)13-3-6(7,8)9;/h4H,2-3,10H2,1H3,(H,11,12);1H/t4-;/m0./s1. The summed E-state index contributed by atoms with van der Waals surface area (Å²) in [7, 11) is 0. The molecule has 0 aliphatic rings. The van der Waals surface area contributed by atoms with E-state index in [0.717, 1.165) is 0 Å². The van der Waals surface area contributed by atoms with Crippen molar-refractivity contribution < 1.29 is 22.7 Å². The van der Waals surface area contributed by atoms with Crippen LogP contribution < -0.4 is 11.1 Å². The van der Waals surface area contributed by atoms with Crippen molar-refractivity contribution in [2.45, 2.75) is 19.1 Å². The summed E-state index contributed by atoms with van der Waals surface area (Å²) in [5, 5.41) is 2.12. The first-order valence-corrected chi connectivity index (χ1v) is 3.55. The van der Waals surface area contributed by atoms with Gasteiger partial charge >= 0.3 is 12.3 Å². The highest BCUT2D eigenvalue weighted by Crippen LogP contribution is 2.14. The number of nitrogens with two attached hydrogens (primary N) is 1. The molecule has 4 nitrogen and oxygen atoms in total. The molecule has 86 valence electrons. The van der Waals surface area contributed by atoms with Crippen LogP contribution in [0.2, 0.25) is 0 Å². The van der Waals surface area contributed by atoms with E-state index in [1.165, 1.54) is 0 Å². The van der Waals surface area contributed by atoms with E-state index in [9.17, 15) is 18.0 Å². The zero-order valence-corrected chi connectivity index (χ0v) is 8.24. The number of hydrogen-bond donors (Lipinski definition) is 2. The number of rotatable bonds is 3. The van der Waals surface area contributed by atoms with Crippen LogP contribution in [0.5, 0.6) is 0 Å². The molecule has 0 spiro atoms. The summed E-state index contributed by atoms with van der Waals surface area (Å²) < 4.78 is 38.4. The van der Waals surface area contributed by atoms with Gasteiger partial charge in [-0.1, -0.05) is 0 Å². The van der Waals surface area contributed by atoms with Crippen LogP contribution in [0.3, 0.4) is 0 Å². The zero-order valence-electron chi connectivity index (χ0n) is 7.43. The first-order chi connectivity index (χ1) is 5.85. The highest BCUT2D eigenvalue weighted by Gasteiger charge is 2.29. The number of amides is 1. The van der Waals surface area contributed by atoms with Gasteiger partial charge in [-0.2, -0.15) is 13.2 Å². The molecule has 0 bridgehead atoms. The number of carbonyl (C=O) groups is 1. The van der Waals surface area contributed by atoms with E-state index >= 15 is 0 Å². The molecule has 14 heavy (non-hydrogen) atoms. The number of halogens is 4. The summed E-state index contributed by atoms with van der Waals surface area (Å²) >= 11 is 0. The van der Waals surface area contributed by atoms with Gasteiger partial charge in [-0.3, -0.25) is 0 Å². The van der Waals surface area contributed by atoms with E-state index in [1.807, 2.05) is 0 Å². The molecule has 0 aromatic rings. The lowest BCUT2D eigenvalue weighted by Crippen LogP contribution is -2.39. The highest BCUT2D eigenvalue weighted by atomic mass is 35.5. The second-order valence-corrected chi connectivity index (χ2v) is 2.47. The van der Waals surface area contributed by atoms with Crippen LogP contribution in [-0.4, -0.2) is 31.5 Å². The SMILES string of the molecule is C[C@@H](CN)NC(=O)OCC(F)(F)F.Cl. The van der Waals surface area contributed by atoms with Crippen molar-refractivity contribution >= 4 is 18.5 Å². The van der Waals surface area contributed by atoms with Crippen LogP contribution in [0.1, 0.15) is 6.92 Å². The molecule has 8 heteroatoms. The molecule has 0 aliphatic carbocycles. The topological polar surface area (TPSA) is 64.3 Å². The lowest BCUT2D eigenvalue weighted by Gasteiger charge is -2.12. The molecule has 0 aromatic heterocycles. The van der Waals surface area contributed by atoms with Crippen LogP contribution in [0, 0.1) is 0 Å². The van der Waals surface area contributed by atoms with Gasteiger partial charge in [-0.15, -0.1) is 12.4 Å². The first kappa shape index (κ1) is 15.8. The van der Waals surface area contributed by atoms with Gasteiger partial charge in [0.2, 0.25) is 0 Å². The molecule has 3 N–H and O–H groups in total. The van der Waals surface area contributed by atoms with Gasteiger partial charge in [0, 0.05) is 12.6 Å². The molecule has 0 heterocycles. The summed E-state index contributed by atoms with van der Waals surface area (Å²) in [6.45, 7) is 0.103. The zero-order chi connectivity index (χ0) is 10.5. The third-order valence-corrected chi connectivity index (χ3v) is 1.08. The summed E-state index contributed by atoms with van der Waals surface area (Å²) in [6, 6.07) is -0.402. The van der Waals surface area contributed by atoms with E-state index in [-0.39, 0.29) is 19.0 Å². The minimum Gasteiger partial charge on any atom is -0.440 e. The second-order valence-electron chi connectivity index (χ2n) is 2.47. The average Bonchev–Trinajstić information content (AvgIpc) is 1.99. The smallest absolute Gasteiger partial charge is 0.422 e. The average molecular weight is 237 g/mol. The van der Waals surface area contributed by atoms with Crippen molar-refractivity contribution in [1.29, 1.82) is 0 Å². The fraction of sp³-hybridized carbons (Fsp3) is 0.833. The predicted molar refractivity (Wildman–Crippen MR) is 46.3 cm³/mol. The molecular weight excluding hydrogens is 225 g/mol. The van der Waals surface area contributed by atoms with E-state index in [4.69, 9.17) is 5.73 Å². The summed E-state index contributed by atoms with van der Waals surface area (Å²) in [5.41, 5.74) is 5.11. The number of ether oxygens (including phenoxy) is 1. The number of alkyl carbamates (subject to hydrolysis) is 1. The molecule has 0 aliphatic heterocycles. The maximum Gasteiger partial charge on any atom is 0.422 e. The Labute approximate surface area is 85.4 Å². The molecular formula is C6H12ClF3N2O2. The van der Waals surface area contributed by atoms with Crippen LogP contribution in [-0.2, 0) is 4.74 Å². The Morgan fingerprint density at radius 3 is 2.43 bits per heavy atom. The molecule has 0 aromatic carbocycles. The van der Waals surface area contributed by atoms with E-state index < -0.39 is 24.9 Å². The third kappa shape index (κ3) is 9.40. The molecule has 1 atom stereocenters. The molecule has 1 amide bonds. The van der Waals surface area contributed by atoms with Gasteiger partial charge < -0.3 is 15.8 Å². The molecule has 0 unspecified atom stereocenters. The van der Waals surface area contributed by atoms with E-state index in [0.29, 0.717) is 0 Å². The summed E-state index contributed by atoms with van der Waals surface area (Å²) in [6.07, 6.45) is -5.61. The number of alkyl halides is 3. The van der Waals surface area contributed by atoms with Crippen LogP contribution >= 0.6 is 12.4 Å². The van der Waals surface area contributed by atoms with Gasteiger partial charge in [0.1, 0.15) is 0 Å². The Hall–Kier alpha value is -0.690. The lowest BCUT2D eigenvalue weighted by atomic mass is 10.3. The fourth-order valence-electron chi connectivity index (χ4n) is 0.449. The fourth-order valence-corrected chi connectivity index (χ4v) is 0.449. The van der Waals surface area contributed by atoms with Crippen molar-refractivity contribution in [1.82, 2.24) is 5.32 Å². The maximum atomic E-state index is 11.5. The van der Waals surface area contributed by atoms with Crippen LogP contribution in [0.15, 0.2) is 0 Å². The van der Waals surface area contributed by atoms with Crippen LogP contribution in [0.4, 0.5) is 18.0 Å². The Morgan fingerprint density at radius 1 is 1.57 bits per heavy atom. The third-order valence-electron chi connectivity index (χ3n) is 1.08. The normalized spacial score (nSPS) is 12.6. The van der Waals surface area contributed by atoms with Crippen LogP contribution in [0.25, 0.3) is 0 Å². The Balaban J connectivity index is 0. The minimum absolute atomic E-state index is 0. The first-order valence-electron chi connectivity index (χ1n) is 3.55. The predicted octanol–water partition coefficient (Wildman–Crippen LogP) is 1.04. The maximum absolute atomic E-state index is 11.5. The number of nitrogens with one attached hydrogen (secondary N) is 1. The van der Waals surface area contributed by atoms with Crippen molar-refractivity contribution in [3.8, 4) is 0 Å². The largest absolute Gasteiger partial charge is 0.440 e. The quantitative estimate of drug-likeness (QED) is 0.770. The van der Waals surface area contributed by atoms with E-state index in [2.05, 4.69) is 10.1 Å². The monoisotopic (exact) mass is 236 g/mol. The minimum atomic E-state index is -4.50. The van der Waals surface area contributed by atoms with E-state index in [1.54, 1.807) is 6.92 Å². The van der Waals surface area contributed by atoms with Crippen molar-refractivity contribution in [3.05, 3.63) is 0 Å². The van der Waals surface area contributed by atoms with Gasteiger partial charge in [-0.25, -0.2) is 4.79 Å². The number of hydrogen-bond acceptors (Lipinski definition) is 3. The lowest BCUT2D eigenvalue weighted by molar-refractivity contribution is -0.160. The Morgan fingerprint density at radius 2 is 2.07 bits per heavy atom. The van der Waals surface area contributed by atoms with Gasteiger partial charge in [0.15, 0.2) is 6.61 Å². The van der Waals surface area contributed by atoms with Crippen molar-refractivity contribution in [2.24, 2.45) is 5.73 Å². The molecule has 0 saturated heterocycles. The summed E-state index contributed by atoms with van der Waals surface area (Å²) in [5.74, 6) is 0. The van der Waals surface area contributed by atoms with Gasteiger partial charge in [-0.05, 0) is 6.92 Å². The van der Waals surface area contributed by atoms with Crippen molar-refractivity contribution in [3.63, 3.8) is 0 Å². The Kier molecular flexibility index (Phi) is 7.57. The highest BCUT2D eigenvalue weighted by molar-refractivity contribution is 5.85. The van der Waals surface area contributed by atoms with Gasteiger partial charge in [0.05, 0.1) is 0 Å². The molecule has 0 saturated carbocycles. The van der Waals surface area contributed by atoms with Gasteiger partial charge in [0.25, 0.3) is 0 Å². The number of carbonyl (C=O) groups excluding carboxylic acids is 1. The van der Waals surface area contributed by atoms with Crippen molar-refractivity contribution in [2.75, 3.05) is 13.2 Å². The molecule has 0 fully saturated rings. The summed E-state index contributed by atoms with van der Waals surface area (Å²) in [4.78, 5) is 10.6. The Bertz CT molecular complexity index is 177.